The van der Waals surface area contributed by atoms with Gasteiger partial charge in [0.05, 0.1) is 0 Å². The van der Waals surface area contributed by atoms with Crippen molar-refractivity contribution in [2.24, 2.45) is 0 Å². The normalized spacial score (nSPS) is 10.8. The first-order valence-corrected chi connectivity index (χ1v) is 7.42. The summed E-state index contributed by atoms with van der Waals surface area (Å²) in [6.07, 6.45) is 0. The SMILES string of the molecule is Cc1ccc(C[NH2+]Cc2ccc(-c3ccc(F)cc3)o2)cc1. The summed E-state index contributed by atoms with van der Waals surface area (Å²) in [5, 5.41) is 2.21. The molecule has 0 bridgehead atoms. The Morgan fingerprint density at radius 3 is 2.32 bits per heavy atom. The van der Waals surface area contributed by atoms with Gasteiger partial charge in [-0.1, -0.05) is 29.8 Å². The number of hydrogen-bond donors (Lipinski definition) is 1. The molecule has 1 aromatic heterocycles. The van der Waals surface area contributed by atoms with Crippen LogP contribution in [0, 0.1) is 12.7 Å². The van der Waals surface area contributed by atoms with Crippen molar-refractivity contribution < 1.29 is 14.1 Å². The maximum absolute atomic E-state index is 12.9. The fourth-order valence-corrected chi connectivity index (χ4v) is 2.36. The van der Waals surface area contributed by atoms with Crippen LogP contribution in [0.4, 0.5) is 4.39 Å². The molecule has 112 valence electrons. The summed E-state index contributed by atoms with van der Waals surface area (Å²) >= 11 is 0. The molecule has 0 amide bonds. The fourth-order valence-electron chi connectivity index (χ4n) is 2.36. The molecular weight excluding hydrogens is 277 g/mol. The molecule has 3 aromatic rings. The van der Waals surface area contributed by atoms with Crippen molar-refractivity contribution >= 4 is 0 Å². The second kappa shape index (κ2) is 6.58. The molecule has 2 aromatic carbocycles. The molecule has 0 spiro atoms. The Kier molecular flexibility index (Phi) is 4.35. The quantitative estimate of drug-likeness (QED) is 0.765. The molecule has 3 heteroatoms. The Morgan fingerprint density at radius 2 is 1.59 bits per heavy atom. The van der Waals surface area contributed by atoms with Crippen molar-refractivity contribution in [3.8, 4) is 11.3 Å². The third-order valence-corrected chi connectivity index (χ3v) is 3.64. The molecule has 0 aliphatic heterocycles. The largest absolute Gasteiger partial charge is 0.455 e. The first-order valence-electron chi connectivity index (χ1n) is 7.42. The third kappa shape index (κ3) is 3.62. The molecule has 22 heavy (non-hydrogen) atoms. The van der Waals surface area contributed by atoms with Gasteiger partial charge in [-0.25, -0.2) is 4.39 Å². The third-order valence-electron chi connectivity index (χ3n) is 3.64. The lowest BCUT2D eigenvalue weighted by molar-refractivity contribution is -0.687. The second-order valence-corrected chi connectivity index (χ2v) is 5.46. The van der Waals surface area contributed by atoms with Crippen LogP contribution in [-0.4, -0.2) is 0 Å². The van der Waals surface area contributed by atoms with Crippen LogP contribution in [0.3, 0.4) is 0 Å². The standard InChI is InChI=1S/C19H18FNO/c1-14-2-4-15(5-3-14)12-21-13-18-10-11-19(22-18)16-6-8-17(20)9-7-16/h2-11,21H,12-13H2,1H3/p+1. The van der Waals surface area contributed by atoms with E-state index in [-0.39, 0.29) is 5.82 Å². The Bertz CT molecular complexity index is 729. The molecule has 0 radical (unpaired) electrons. The van der Waals surface area contributed by atoms with Gasteiger partial charge in [0, 0.05) is 11.1 Å². The number of rotatable bonds is 5. The Hall–Kier alpha value is -2.39. The minimum Gasteiger partial charge on any atom is -0.455 e. The molecule has 0 fully saturated rings. The van der Waals surface area contributed by atoms with Crippen LogP contribution in [0.2, 0.25) is 0 Å². The van der Waals surface area contributed by atoms with Gasteiger partial charge < -0.3 is 9.73 Å². The highest BCUT2D eigenvalue weighted by Gasteiger charge is 2.06. The highest BCUT2D eigenvalue weighted by atomic mass is 19.1. The summed E-state index contributed by atoms with van der Waals surface area (Å²) in [7, 11) is 0. The first-order chi connectivity index (χ1) is 10.7. The van der Waals surface area contributed by atoms with Gasteiger partial charge in [-0.05, 0) is 43.3 Å². The number of quaternary nitrogens is 1. The predicted molar refractivity (Wildman–Crippen MR) is 84.6 cm³/mol. The van der Waals surface area contributed by atoms with Crippen LogP contribution in [0.1, 0.15) is 16.9 Å². The molecule has 0 saturated heterocycles. The highest BCUT2D eigenvalue weighted by molar-refractivity contribution is 5.57. The van der Waals surface area contributed by atoms with E-state index in [1.54, 1.807) is 12.1 Å². The molecule has 2 nitrogen and oxygen atoms in total. The molecule has 0 aliphatic rings. The maximum atomic E-state index is 12.9. The molecule has 0 aliphatic carbocycles. The van der Waals surface area contributed by atoms with Crippen molar-refractivity contribution in [2.75, 3.05) is 0 Å². The lowest BCUT2D eigenvalue weighted by Gasteiger charge is -2.01. The molecule has 0 unspecified atom stereocenters. The molecule has 0 atom stereocenters. The van der Waals surface area contributed by atoms with Crippen molar-refractivity contribution in [1.82, 2.24) is 0 Å². The van der Waals surface area contributed by atoms with Gasteiger partial charge in [0.1, 0.15) is 24.7 Å². The molecular formula is C19H19FNO+. The second-order valence-electron chi connectivity index (χ2n) is 5.46. The summed E-state index contributed by atoms with van der Waals surface area (Å²) < 4.78 is 18.7. The predicted octanol–water partition coefficient (Wildman–Crippen LogP) is 3.66. The summed E-state index contributed by atoms with van der Waals surface area (Å²) in [5.74, 6) is 1.46. The van der Waals surface area contributed by atoms with E-state index < -0.39 is 0 Å². The summed E-state index contributed by atoms with van der Waals surface area (Å²) in [6.45, 7) is 3.80. The van der Waals surface area contributed by atoms with Gasteiger partial charge in [-0.15, -0.1) is 0 Å². The molecule has 3 rings (SSSR count). The average molecular weight is 296 g/mol. The van der Waals surface area contributed by atoms with Crippen LogP contribution >= 0.6 is 0 Å². The van der Waals surface area contributed by atoms with E-state index in [1.165, 1.54) is 23.3 Å². The minimum absolute atomic E-state index is 0.234. The number of aryl methyl sites for hydroxylation is 1. The van der Waals surface area contributed by atoms with Gasteiger partial charge in [0.25, 0.3) is 0 Å². The van der Waals surface area contributed by atoms with Crippen LogP contribution in [-0.2, 0) is 13.1 Å². The van der Waals surface area contributed by atoms with E-state index >= 15 is 0 Å². The summed E-state index contributed by atoms with van der Waals surface area (Å²) in [4.78, 5) is 0. The van der Waals surface area contributed by atoms with E-state index in [2.05, 4.69) is 36.5 Å². The smallest absolute Gasteiger partial charge is 0.158 e. The van der Waals surface area contributed by atoms with Crippen LogP contribution in [0.25, 0.3) is 11.3 Å². The zero-order valence-electron chi connectivity index (χ0n) is 12.6. The van der Waals surface area contributed by atoms with Gasteiger partial charge in [0.2, 0.25) is 0 Å². The lowest BCUT2D eigenvalue weighted by Crippen LogP contribution is -2.80. The average Bonchev–Trinajstić information content (AvgIpc) is 2.99. The lowest BCUT2D eigenvalue weighted by atomic mass is 10.1. The van der Waals surface area contributed by atoms with Crippen molar-refractivity contribution in [3.63, 3.8) is 0 Å². The van der Waals surface area contributed by atoms with Gasteiger partial charge in [0.15, 0.2) is 5.76 Å². The minimum atomic E-state index is -0.234. The van der Waals surface area contributed by atoms with Gasteiger partial charge in [-0.3, -0.25) is 0 Å². The Balaban J connectivity index is 1.57. The summed E-state index contributed by atoms with van der Waals surface area (Å²) in [5.41, 5.74) is 3.47. The molecule has 0 saturated carbocycles. The number of halogens is 1. The first kappa shape index (κ1) is 14.5. The summed E-state index contributed by atoms with van der Waals surface area (Å²) in [6, 6.07) is 18.8. The van der Waals surface area contributed by atoms with Gasteiger partial charge >= 0.3 is 0 Å². The van der Waals surface area contributed by atoms with E-state index in [4.69, 9.17) is 4.42 Å². The highest BCUT2D eigenvalue weighted by Crippen LogP contribution is 2.21. The zero-order chi connectivity index (χ0) is 15.4. The monoisotopic (exact) mass is 296 g/mol. The zero-order valence-corrected chi connectivity index (χ0v) is 12.6. The molecule has 2 N–H and O–H groups in total. The van der Waals surface area contributed by atoms with Crippen LogP contribution < -0.4 is 5.32 Å². The Labute approximate surface area is 129 Å². The number of nitrogens with two attached hydrogens (primary N) is 1. The number of benzene rings is 2. The van der Waals surface area contributed by atoms with Crippen molar-refractivity contribution in [1.29, 1.82) is 0 Å². The maximum Gasteiger partial charge on any atom is 0.158 e. The van der Waals surface area contributed by atoms with Crippen molar-refractivity contribution in [3.05, 3.63) is 83.4 Å². The number of furan rings is 1. The van der Waals surface area contributed by atoms with E-state index in [0.29, 0.717) is 0 Å². The van der Waals surface area contributed by atoms with Crippen molar-refractivity contribution in [2.45, 2.75) is 20.0 Å². The topological polar surface area (TPSA) is 29.8 Å². The Morgan fingerprint density at radius 1 is 0.864 bits per heavy atom. The molecule has 1 heterocycles. The number of hydrogen-bond acceptors (Lipinski definition) is 1. The van der Waals surface area contributed by atoms with E-state index in [1.807, 2.05) is 12.1 Å². The van der Waals surface area contributed by atoms with E-state index in [9.17, 15) is 4.39 Å². The van der Waals surface area contributed by atoms with Gasteiger partial charge in [-0.2, -0.15) is 0 Å². The van der Waals surface area contributed by atoms with Crippen LogP contribution in [0.15, 0.2) is 65.1 Å². The van der Waals surface area contributed by atoms with E-state index in [0.717, 1.165) is 30.2 Å². The van der Waals surface area contributed by atoms with Crippen LogP contribution in [0.5, 0.6) is 0 Å². The fraction of sp³-hybridized carbons (Fsp3) is 0.158.